The van der Waals surface area contributed by atoms with Crippen molar-refractivity contribution in [2.45, 2.75) is 38.1 Å². The van der Waals surface area contributed by atoms with Crippen LogP contribution in [0.3, 0.4) is 0 Å². The molecule has 0 amide bonds. The van der Waals surface area contributed by atoms with Gasteiger partial charge in [0.05, 0.1) is 0 Å². The highest BCUT2D eigenvalue weighted by Gasteiger charge is 2.42. The molecule has 2 nitrogen and oxygen atoms in total. The van der Waals surface area contributed by atoms with Crippen LogP contribution in [0.5, 0.6) is 0 Å². The molecule has 1 fully saturated rings. The largest absolute Gasteiger partial charge is 0.382 e. The van der Waals surface area contributed by atoms with Crippen LogP contribution in [0.2, 0.25) is 0 Å². The lowest BCUT2D eigenvalue weighted by Gasteiger charge is -2.16. The predicted molar refractivity (Wildman–Crippen MR) is 75.9 cm³/mol. The van der Waals surface area contributed by atoms with E-state index in [-0.39, 0.29) is 0 Å². The van der Waals surface area contributed by atoms with Crippen LogP contribution in [-0.2, 0) is 4.74 Å². The highest BCUT2D eigenvalue weighted by atomic mass is 16.5. The lowest BCUT2D eigenvalue weighted by Crippen LogP contribution is -2.28. The van der Waals surface area contributed by atoms with Gasteiger partial charge in [0, 0.05) is 19.3 Å². The van der Waals surface area contributed by atoms with Crippen LogP contribution in [0.4, 0.5) is 0 Å². The molecule has 18 heavy (non-hydrogen) atoms. The fourth-order valence-electron chi connectivity index (χ4n) is 2.86. The summed E-state index contributed by atoms with van der Waals surface area (Å²) in [5, 5.41) is 3.49. The second kappa shape index (κ2) is 6.91. The Labute approximate surface area is 111 Å². The van der Waals surface area contributed by atoms with Crippen LogP contribution in [-0.4, -0.2) is 26.3 Å². The third-order valence-electron chi connectivity index (χ3n) is 3.96. The van der Waals surface area contributed by atoms with E-state index in [1.165, 1.54) is 18.4 Å². The van der Waals surface area contributed by atoms with Gasteiger partial charge in [0.25, 0.3) is 0 Å². The Morgan fingerprint density at radius 2 is 2.11 bits per heavy atom. The average molecular weight is 247 g/mol. The topological polar surface area (TPSA) is 21.3 Å². The minimum Gasteiger partial charge on any atom is -0.382 e. The fraction of sp³-hybridized carbons (Fsp3) is 0.625. The second-order valence-corrected chi connectivity index (χ2v) is 5.15. The Morgan fingerprint density at radius 1 is 1.33 bits per heavy atom. The van der Waals surface area contributed by atoms with E-state index in [9.17, 15) is 0 Å². The van der Waals surface area contributed by atoms with Gasteiger partial charge in [-0.2, -0.15) is 0 Å². The first kappa shape index (κ1) is 13.6. The van der Waals surface area contributed by atoms with Gasteiger partial charge in [0.1, 0.15) is 0 Å². The molecule has 100 valence electrons. The fourth-order valence-corrected chi connectivity index (χ4v) is 2.86. The first-order chi connectivity index (χ1) is 8.86. The molecule has 0 aliphatic heterocycles. The van der Waals surface area contributed by atoms with Crippen LogP contribution in [0.1, 0.15) is 37.7 Å². The zero-order valence-corrected chi connectivity index (χ0v) is 11.6. The van der Waals surface area contributed by atoms with E-state index in [0.717, 1.165) is 31.5 Å². The molecule has 2 heteroatoms. The van der Waals surface area contributed by atoms with E-state index in [4.69, 9.17) is 4.74 Å². The predicted octanol–water partition coefficient (Wildman–Crippen LogP) is 3.19. The van der Waals surface area contributed by atoms with Crippen LogP contribution in [0.15, 0.2) is 30.3 Å². The normalized spacial score (nSPS) is 23.9. The number of hydrogen-bond donors (Lipinski definition) is 1. The molecule has 0 spiro atoms. The van der Waals surface area contributed by atoms with E-state index in [1.54, 1.807) is 0 Å². The van der Waals surface area contributed by atoms with E-state index < -0.39 is 0 Å². The molecule has 0 aromatic heterocycles. The molecule has 0 saturated heterocycles. The number of ether oxygens (including phenoxy) is 1. The highest BCUT2D eigenvalue weighted by Crippen LogP contribution is 2.50. The summed E-state index contributed by atoms with van der Waals surface area (Å²) in [6, 6.07) is 11.6. The molecule has 3 atom stereocenters. The van der Waals surface area contributed by atoms with E-state index in [1.807, 2.05) is 0 Å². The zero-order valence-electron chi connectivity index (χ0n) is 11.6. The molecular formula is C16H25NO. The number of rotatable bonds is 8. The van der Waals surface area contributed by atoms with Crippen molar-refractivity contribution in [2.75, 3.05) is 20.3 Å². The Hall–Kier alpha value is -0.860. The van der Waals surface area contributed by atoms with Crippen molar-refractivity contribution < 1.29 is 4.74 Å². The molecule has 0 heterocycles. The summed E-state index contributed by atoms with van der Waals surface area (Å²) in [6.07, 6.45) is 3.73. The van der Waals surface area contributed by atoms with Crippen LogP contribution in [0.25, 0.3) is 0 Å². The second-order valence-electron chi connectivity index (χ2n) is 5.15. The first-order valence-corrected chi connectivity index (χ1v) is 7.16. The molecular weight excluding hydrogens is 222 g/mol. The van der Waals surface area contributed by atoms with Gasteiger partial charge in [-0.1, -0.05) is 30.3 Å². The first-order valence-electron chi connectivity index (χ1n) is 7.16. The molecule has 0 bridgehead atoms. The van der Waals surface area contributed by atoms with Gasteiger partial charge in [0.15, 0.2) is 0 Å². The summed E-state index contributed by atoms with van der Waals surface area (Å²) < 4.78 is 5.41. The number of hydrogen-bond acceptors (Lipinski definition) is 2. The van der Waals surface area contributed by atoms with Gasteiger partial charge in [-0.3, -0.25) is 0 Å². The van der Waals surface area contributed by atoms with Crippen molar-refractivity contribution in [2.24, 2.45) is 5.92 Å². The molecule has 0 radical (unpaired) electrons. The minimum atomic E-state index is 0.649. The quantitative estimate of drug-likeness (QED) is 0.712. The average Bonchev–Trinajstić information content (AvgIpc) is 3.20. The SMILES string of the molecule is CCOCCCC(NC)C1CC1c1ccccc1. The maximum atomic E-state index is 5.41. The molecule has 1 aromatic rings. The lowest BCUT2D eigenvalue weighted by molar-refractivity contribution is 0.140. The molecule has 1 aliphatic rings. The third kappa shape index (κ3) is 3.56. The van der Waals surface area contributed by atoms with Gasteiger partial charge in [0.2, 0.25) is 0 Å². The molecule has 1 aliphatic carbocycles. The maximum Gasteiger partial charge on any atom is 0.0466 e. The standard InChI is InChI=1S/C16H25NO/c1-3-18-11-7-10-16(17-2)15-12-14(15)13-8-5-4-6-9-13/h4-6,8-9,14-17H,3,7,10-12H2,1-2H3. The Balaban J connectivity index is 1.77. The molecule has 1 aromatic carbocycles. The lowest BCUT2D eigenvalue weighted by atomic mass is 10.0. The number of benzene rings is 1. The Morgan fingerprint density at radius 3 is 2.78 bits per heavy atom. The smallest absolute Gasteiger partial charge is 0.0466 e. The van der Waals surface area contributed by atoms with Crippen molar-refractivity contribution in [3.05, 3.63) is 35.9 Å². The van der Waals surface area contributed by atoms with Gasteiger partial charge in [-0.05, 0) is 50.6 Å². The van der Waals surface area contributed by atoms with Crippen LogP contribution >= 0.6 is 0 Å². The highest BCUT2D eigenvalue weighted by molar-refractivity contribution is 5.26. The Kier molecular flexibility index (Phi) is 5.21. The molecule has 2 rings (SSSR count). The third-order valence-corrected chi connectivity index (χ3v) is 3.96. The Bertz CT molecular complexity index is 338. The summed E-state index contributed by atoms with van der Waals surface area (Å²) in [7, 11) is 2.09. The maximum absolute atomic E-state index is 5.41. The molecule has 3 unspecified atom stereocenters. The summed E-state index contributed by atoms with van der Waals surface area (Å²) in [4.78, 5) is 0. The van der Waals surface area contributed by atoms with Crippen molar-refractivity contribution in [3.63, 3.8) is 0 Å². The molecule has 1 saturated carbocycles. The zero-order chi connectivity index (χ0) is 12.8. The summed E-state index contributed by atoms with van der Waals surface area (Å²) >= 11 is 0. The van der Waals surface area contributed by atoms with E-state index >= 15 is 0 Å². The van der Waals surface area contributed by atoms with Gasteiger partial charge in [-0.25, -0.2) is 0 Å². The van der Waals surface area contributed by atoms with Crippen molar-refractivity contribution in [3.8, 4) is 0 Å². The van der Waals surface area contributed by atoms with E-state index in [2.05, 4.69) is 49.6 Å². The molecule has 1 N–H and O–H groups in total. The monoisotopic (exact) mass is 247 g/mol. The minimum absolute atomic E-state index is 0.649. The van der Waals surface area contributed by atoms with Gasteiger partial charge >= 0.3 is 0 Å². The summed E-state index contributed by atoms with van der Waals surface area (Å²) in [5.74, 6) is 1.59. The van der Waals surface area contributed by atoms with Gasteiger partial charge < -0.3 is 10.1 Å². The van der Waals surface area contributed by atoms with Crippen LogP contribution < -0.4 is 5.32 Å². The summed E-state index contributed by atoms with van der Waals surface area (Å²) in [5.41, 5.74) is 1.51. The number of nitrogens with one attached hydrogen (secondary N) is 1. The van der Waals surface area contributed by atoms with Crippen LogP contribution in [0, 0.1) is 5.92 Å². The van der Waals surface area contributed by atoms with Crippen molar-refractivity contribution in [1.82, 2.24) is 5.32 Å². The summed E-state index contributed by atoms with van der Waals surface area (Å²) in [6.45, 7) is 3.79. The van der Waals surface area contributed by atoms with Gasteiger partial charge in [-0.15, -0.1) is 0 Å². The van der Waals surface area contributed by atoms with Crippen molar-refractivity contribution in [1.29, 1.82) is 0 Å². The van der Waals surface area contributed by atoms with Crippen molar-refractivity contribution >= 4 is 0 Å². The van der Waals surface area contributed by atoms with E-state index in [0.29, 0.717) is 6.04 Å².